The minimum atomic E-state index is -0.656. The number of aromatic nitrogens is 3. The number of halogens is 2. The fourth-order valence-electron chi connectivity index (χ4n) is 5.37. The van der Waals surface area contributed by atoms with E-state index in [9.17, 15) is 14.4 Å². The van der Waals surface area contributed by atoms with Gasteiger partial charge in [-0.1, -0.05) is 54.1 Å². The van der Waals surface area contributed by atoms with Crippen LogP contribution < -0.4 is 26.2 Å². The Hall–Kier alpha value is -4.41. The van der Waals surface area contributed by atoms with E-state index in [0.29, 0.717) is 31.7 Å². The van der Waals surface area contributed by atoms with Crippen molar-refractivity contribution in [2.75, 3.05) is 25.0 Å². The second kappa shape index (κ2) is 16.8. The van der Waals surface area contributed by atoms with Crippen molar-refractivity contribution in [3.63, 3.8) is 0 Å². The van der Waals surface area contributed by atoms with E-state index >= 15 is 0 Å². The van der Waals surface area contributed by atoms with Crippen molar-refractivity contribution in [2.24, 2.45) is 0 Å². The van der Waals surface area contributed by atoms with Gasteiger partial charge in [0.25, 0.3) is 11.5 Å². The van der Waals surface area contributed by atoms with Gasteiger partial charge in [0, 0.05) is 54.9 Å². The van der Waals surface area contributed by atoms with Gasteiger partial charge in [-0.3, -0.25) is 23.9 Å². The average Bonchev–Trinajstić information content (AvgIpc) is 3.47. The van der Waals surface area contributed by atoms with Crippen LogP contribution in [0.1, 0.15) is 58.9 Å². The first-order chi connectivity index (χ1) is 21.3. The number of benzene rings is 2. The largest absolute Gasteiger partial charge is 0.483 e. The Kier molecular flexibility index (Phi) is 13.1. The lowest BCUT2D eigenvalue weighted by atomic mass is 9.94. The maximum Gasteiger partial charge on any atom is 0.294 e. The number of carbonyl (C=O) groups excluding carboxylic acids is 2. The van der Waals surface area contributed by atoms with Crippen LogP contribution in [-0.2, 0) is 22.6 Å². The number of carbonyl (C=O) groups is 2. The van der Waals surface area contributed by atoms with Crippen LogP contribution in [0.4, 0.5) is 5.82 Å². The summed E-state index contributed by atoms with van der Waals surface area (Å²) in [6.45, 7) is 6.90. The molecule has 3 N–H and O–H groups in total. The highest BCUT2D eigenvalue weighted by Crippen LogP contribution is 2.27. The molecular weight excluding hydrogens is 627 g/mol. The van der Waals surface area contributed by atoms with Crippen molar-refractivity contribution < 1.29 is 14.3 Å². The van der Waals surface area contributed by atoms with E-state index in [4.69, 9.17) is 4.74 Å². The van der Waals surface area contributed by atoms with Crippen molar-refractivity contribution >= 4 is 42.4 Å². The number of para-hydroxylation sites is 1. The molecule has 2 aromatic carbocycles. The van der Waals surface area contributed by atoms with Crippen LogP contribution in [0.5, 0.6) is 5.75 Å². The Bertz CT molecular complexity index is 1630. The number of hydrogen-bond acceptors (Lipinski definition) is 7. The maximum atomic E-state index is 13.7. The van der Waals surface area contributed by atoms with Gasteiger partial charge in [0.1, 0.15) is 11.8 Å². The fourth-order valence-corrected chi connectivity index (χ4v) is 5.37. The number of amides is 2. The third kappa shape index (κ3) is 8.64. The summed E-state index contributed by atoms with van der Waals surface area (Å²) >= 11 is 0. The first-order valence-electron chi connectivity index (χ1n) is 14.9. The molecule has 10 nitrogen and oxygen atoms in total. The molecule has 0 bridgehead atoms. The summed E-state index contributed by atoms with van der Waals surface area (Å²) in [6, 6.07) is 18.9. The number of nitrogens with zero attached hydrogens (tertiary/aromatic N) is 3. The number of rotatable bonds is 12. The lowest BCUT2D eigenvalue weighted by Gasteiger charge is -2.20. The highest BCUT2D eigenvalue weighted by Gasteiger charge is 2.31. The zero-order chi connectivity index (χ0) is 31.1. The zero-order valence-corrected chi connectivity index (χ0v) is 27.7. The molecule has 12 heteroatoms. The van der Waals surface area contributed by atoms with Gasteiger partial charge < -0.3 is 20.7 Å². The summed E-state index contributed by atoms with van der Waals surface area (Å²) in [7, 11) is 0. The number of fused-ring (bicyclic) bond motifs is 1. The SMILES string of the molecule is CCNC(=O)COc1ccccc1CNC(=O)[C@@H]1CCc2cnc(NC[C@@H](c3ccc(C)cc3)c3ccc(C)cn3)c(=O)n21.Cl.Cl. The lowest BCUT2D eigenvalue weighted by Crippen LogP contribution is -2.36. The van der Waals surface area contributed by atoms with Crippen LogP contribution >= 0.6 is 24.8 Å². The van der Waals surface area contributed by atoms with Crippen molar-refractivity contribution in [3.8, 4) is 5.75 Å². The number of ether oxygens (including phenoxy) is 1. The molecule has 4 aromatic rings. The molecular formula is C34H40Cl2N6O4. The molecule has 2 amide bonds. The highest BCUT2D eigenvalue weighted by atomic mass is 35.5. The molecule has 0 fully saturated rings. The van der Waals surface area contributed by atoms with Gasteiger partial charge in [-0.2, -0.15) is 0 Å². The quantitative estimate of drug-likeness (QED) is 0.201. The number of nitrogens with one attached hydrogen (secondary N) is 3. The fraction of sp³-hybridized carbons (Fsp3) is 0.324. The first-order valence-corrected chi connectivity index (χ1v) is 14.9. The number of anilines is 1. The standard InChI is InChI=1S/C34H38N6O4.2ClH/c1-4-35-31(41)21-44-30-8-6-5-7-25(30)18-39-33(42)29-16-14-26-19-37-32(34(43)40(26)29)38-20-27(24-12-9-22(2)10-13-24)28-15-11-23(3)17-36-28;;/h5-13,15,17,19,27,29H,4,14,16,18,20-21H2,1-3H3,(H,35,41)(H,37,38)(H,39,42);2*1H/t27-,29-;;/m0../s1. The number of pyridine rings is 1. The first kappa shape index (κ1) is 36.1. The number of likely N-dealkylation sites (N-methyl/N-ethyl adjacent to an activating group) is 1. The van der Waals surface area contributed by atoms with Gasteiger partial charge in [-0.25, -0.2) is 4.98 Å². The van der Waals surface area contributed by atoms with Gasteiger partial charge in [0.15, 0.2) is 12.4 Å². The number of aryl methyl sites for hydroxylation is 3. The molecule has 244 valence electrons. The Morgan fingerprint density at radius 1 is 0.957 bits per heavy atom. The summed E-state index contributed by atoms with van der Waals surface area (Å²) in [5, 5.41) is 8.91. The van der Waals surface area contributed by atoms with E-state index in [-0.39, 0.29) is 67.1 Å². The van der Waals surface area contributed by atoms with Gasteiger partial charge >= 0.3 is 0 Å². The zero-order valence-electron chi connectivity index (χ0n) is 26.1. The highest BCUT2D eigenvalue weighted by molar-refractivity contribution is 5.85. The molecule has 46 heavy (non-hydrogen) atoms. The lowest BCUT2D eigenvalue weighted by molar-refractivity contribution is -0.124. The van der Waals surface area contributed by atoms with Crippen molar-refractivity contribution in [1.82, 2.24) is 25.2 Å². The number of hydrogen-bond donors (Lipinski definition) is 3. The summed E-state index contributed by atoms with van der Waals surface area (Å²) in [6.07, 6.45) is 4.59. The smallest absolute Gasteiger partial charge is 0.294 e. The summed E-state index contributed by atoms with van der Waals surface area (Å²) in [5.41, 5.74) is 5.33. The van der Waals surface area contributed by atoms with E-state index in [1.54, 1.807) is 16.8 Å². The van der Waals surface area contributed by atoms with Crippen molar-refractivity contribution in [1.29, 1.82) is 0 Å². The minimum Gasteiger partial charge on any atom is -0.483 e. The van der Waals surface area contributed by atoms with E-state index < -0.39 is 6.04 Å². The van der Waals surface area contributed by atoms with Gasteiger partial charge in [0.05, 0.1) is 0 Å². The van der Waals surface area contributed by atoms with E-state index in [1.807, 2.05) is 57.3 Å². The van der Waals surface area contributed by atoms with Gasteiger partial charge in [-0.15, -0.1) is 24.8 Å². The monoisotopic (exact) mass is 666 g/mol. The van der Waals surface area contributed by atoms with Crippen LogP contribution in [0, 0.1) is 13.8 Å². The molecule has 0 aliphatic carbocycles. The summed E-state index contributed by atoms with van der Waals surface area (Å²) in [4.78, 5) is 48.0. The molecule has 2 aromatic heterocycles. The molecule has 5 rings (SSSR count). The molecule has 0 saturated heterocycles. The van der Waals surface area contributed by atoms with Gasteiger partial charge in [-0.05, 0) is 56.9 Å². The third-order valence-electron chi connectivity index (χ3n) is 7.76. The van der Waals surface area contributed by atoms with Crippen molar-refractivity contribution in [3.05, 3.63) is 117 Å². The van der Waals surface area contributed by atoms with Crippen LogP contribution in [0.2, 0.25) is 0 Å². The molecule has 0 saturated carbocycles. The van der Waals surface area contributed by atoms with Crippen LogP contribution in [0.25, 0.3) is 0 Å². The second-order valence-corrected chi connectivity index (χ2v) is 11.0. The molecule has 3 heterocycles. The average molecular weight is 668 g/mol. The van der Waals surface area contributed by atoms with Gasteiger partial charge in [0.2, 0.25) is 5.91 Å². The third-order valence-corrected chi connectivity index (χ3v) is 7.76. The normalized spacial score (nSPS) is 13.8. The molecule has 0 radical (unpaired) electrons. The van der Waals surface area contributed by atoms with Crippen LogP contribution in [0.3, 0.4) is 0 Å². The molecule has 0 unspecified atom stereocenters. The van der Waals surface area contributed by atoms with E-state index in [0.717, 1.165) is 33.6 Å². The predicted octanol–water partition coefficient (Wildman–Crippen LogP) is 4.66. The summed E-state index contributed by atoms with van der Waals surface area (Å²) in [5.74, 6) is 0.131. The Balaban J connectivity index is 0.00000288. The Labute approximate surface area is 281 Å². The maximum absolute atomic E-state index is 13.7. The predicted molar refractivity (Wildman–Crippen MR) is 183 cm³/mol. The Morgan fingerprint density at radius 2 is 1.70 bits per heavy atom. The topological polar surface area (TPSA) is 127 Å². The molecule has 0 spiro atoms. The van der Waals surface area contributed by atoms with E-state index in [2.05, 4.69) is 50.2 Å². The Morgan fingerprint density at radius 3 is 2.41 bits per heavy atom. The molecule has 2 atom stereocenters. The second-order valence-electron chi connectivity index (χ2n) is 11.0. The molecule has 1 aliphatic rings. The van der Waals surface area contributed by atoms with Crippen LogP contribution in [0.15, 0.2) is 77.9 Å². The minimum absolute atomic E-state index is 0. The van der Waals surface area contributed by atoms with E-state index in [1.165, 1.54) is 0 Å². The molecule has 1 aliphatic heterocycles. The van der Waals surface area contributed by atoms with Crippen LogP contribution in [-0.4, -0.2) is 46.0 Å². The summed E-state index contributed by atoms with van der Waals surface area (Å²) < 4.78 is 7.23. The van der Waals surface area contributed by atoms with Crippen molar-refractivity contribution in [2.45, 2.75) is 52.1 Å².